The Bertz CT molecular complexity index is 908. The summed E-state index contributed by atoms with van der Waals surface area (Å²) in [5, 5.41) is 1.03. The average Bonchev–Trinajstić information content (AvgIpc) is 2.68. The van der Waals surface area contributed by atoms with Gasteiger partial charge in [-0.05, 0) is 59.6 Å². The van der Waals surface area contributed by atoms with Crippen LogP contribution in [-0.2, 0) is 4.79 Å². The first-order chi connectivity index (χ1) is 13.8. The van der Waals surface area contributed by atoms with Crippen molar-refractivity contribution < 1.29 is 4.79 Å². The van der Waals surface area contributed by atoms with Gasteiger partial charge in [0.1, 0.15) is 0 Å². The largest absolute Gasteiger partial charge is 0.337 e. The van der Waals surface area contributed by atoms with E-state index in [1.165, 1.54) is 18.2 Å². The zero-order valence-electron chi connectivity index (χ0n) is 18.2. The van der Waals surface area contributed by atoms with Gasteiger partial charge in [0.15, 0.2) is 5.16 Å². The fourth-order valence-corrected chi connectivity index (χ4v) is 5.43. The molecule has 0 radical (unpaired) electrons. The van der Waals surface area contributed by atoms with E-state index in [1.54, 1.807) is 0 Å². The van der Waals surface area contributed by atoms with Crippen LogP contribution < -0.4 is 5.56 Å². The van der Waals surface area contributed by atoms with Crippen LogP contribution in [-0.4, -0.2) is 37.7 Å². The third-order valence-corrected chi connectivity index (χ3v) is 6.77. The minimum Gasteiger partial charge on any atom is -0.337 e. The van der Waals surface area contributed by atoms with Crippen LogP contribution in [0.25, 0.3) is 10.9 Å². The summed E-state index contributed by atoms with van der Waals surface area (Å²) in [5.74, 6) is 0.0950. The maximum absolute atomic E-state index is 13.4. The molecule has 1 aromatic carbocycles. The van der Waals surface area contributed by atoms with E-state index in [-0.39, 0.29) is 34.8 Å². The van der Waals surface area contributed by atoms with Crippen molar-refractivity contribution in [2.45, 2.75) is 95.3 Å². The number of aromatic nitrogens is 2. The summed E-state index contributed by atoms with van der Waals surface area (Å²) in [7, 11) is 0. The summed E-state index contributed by atoms with van der Waals surface area (Å²) in [6.07, 6.45) is 5.50. The Morgan fingerprint density at radius 1 is 1.07 bits per heavy atom. The number of thioether (sulfide) groups is 1. The molecular weight excluding hydrogens is 382 g/mol. The number of amides is 1. The van der Waals surface area contributed by atoms with Crippen molar-refractivity contribution in [3.8, 4) is 0 Å². The van der Waals surface area contributed by atoms with Gasteiger partial charge < -0.3 is 4.90 Å². The Balaban J connectivity index is 2.01. The first-order valence-electron chi connectivity index (χ1n) is 10.8. The molecule has 0 spiro atoms. The van der Waals surface area contributed by atoms with Crippen LogP contribution in [0, 0.1) is 0 Å². The Morgan fingerprint density at radius 2 is 1.69 bits per heavy atom. The van der Waals surface area contributed by atoms with E-state index in [9.17, 15) is 9.59 Å². The molecule has 158 valence electrons. The van der Waals surface area contributed by atoms with Gasteiger partial charge in [-0.2, -0.15) is 0 Å². The van der Waals surface area contributed by atoms with Crippen molar-refractivity contribution in [3.63, 3.8) is 0 Å². The second kappa shape index (κ2) is 9.33. The van der Waals surface area contributed by atoms with E-state index in [0.717, 1.165) is 25.7 Å². The van der Waals surface area contributed by atoms with E-state index >= 15 is 0 Å². The predicted octanol–water partition coefficient (Wildman–Crippen LogP) is 5.03. The SMILES string of the molecule is CC(Sc1nc2ccccc2c(=O)n1C1CCCCC1)C(=O)N(C(C)C)C(C)C. The summed E-state index contributed by atoms with van der Waals surface area (Å²) < 4.78 is 1.88. The second-order valence-corrected chi connectivity index (χ2v) is 9.88. The number of fused-ring (bicyclic) bond motifs is 1. The quantitative estimate of drug-likeness (QED) is 0.491. The number of rotatable bonds is 6. The minimum atomic E-state index is -0.303. The van der Waals surface area contributed by atoms with Crippen LogP contribution in [0.3, 0.4) is 0 Å². The summed E-state index contributed by atoms with van der Waals surface area (Å²) >= 11 is 1.42. The molecule has 0 N–H and O–H groups in total. The Kier molecular flexibility index (Phi) is 7.04. The lowest BCUT2D eigenvalue weighted by molar-refractivity contribution is -0.133. The standard InChI is InChI=1S/C23H33N3O2S/c1-15(2)25(16(3)4)21(27)17(5)29-23-24-20-14-10-9-13-19(20)22(28)26(23)18-11-7-6-8-12-18/h9-10,13-18H,6-8,11-12H2,1-5H3. The maximum Gasteiger partial charge on any atom is 0.262 e. The maximum atomic E-state index is 13.4. The highest BCUT2D eigenvalue weighted by Crippen LogP contribution is 2.33. The molecule has 1 aromatic heterocycles. The van der Waals surface area contributed by atoms with E-state index in [2.05, 4.69) is 0 Å². The molecule has 1 heterocycles. The summed E-state index contributed by atoms with van der Waals surface area (Å²) in [6, 6.07) is 7.97. The molecule has 1 fully saturated rings. The first-order valence-corrected chi connectivity index (χ1v) is 11.7. The summed E-state index contributed by atoms with van der Waals surface area (Å²) in [5.41, 5.74) is 0.727. The van der Waals surface area contributed by atoms with Crippen LogP contribution in [0.5, 0.6) is 0 Å². The molecule has 29 heavy (non-hydrogen) atoms. The van der Waals surface area contributed by atoms with Gasteiger partial charge in [0.2, 0.25) is 5.91 Å². The highest BCUT2D eigenvalue weighted by Gasteiger charge is 2.29. The molecule has 1 aliphatic carbocycles. The topological polar surface area (TPSA) is 55.2 Å². The van der Waals surface area contributed by atoms with Crippen molar-refractivity contribution in [2.75, 3.05) is 0 Å². The molecule has 1 amide bonds. The molecule has 1 saturated carbocycles. The second-order valence-electron chi connectivity index (χ2n) is 8.57. The molecule has 0 aliphatic heterocycles. The van der Waals surface area contributed by atoms with Crippen LogP contribution in [0.4, 0.5) is 0 Å². The lowest BCUT2D eigenvalue weighted by Crippen LogP contribution is -2.45. The van der Waals surface area contributed by atoms with Gasteiger partial charge in [0.25, 0.3) is 5.56 Å². The third-order valence-electron chi connectivity index (χ3n) is 5.71. The number of hydrogen-bond donors (Lipinski definition) is 0. The normalized spacial score (nSPS) is 16.5. The zero-order valence-corrected chi connectivity index (χ0v) is 19.0. The molecule has 1 aliphatic rings. The van der Waals surface area contributed by atoms with Crippen molar-refractivity contribution in [3.05, 3.63) is 34.6 Å². The monoisotopic (exact) mass is 415 g/mol. The number of carbonyl (C=O) groups excluding carboxylic acids is 1. The van der Waals surface area contributed by atoms with Crippen LogP contribution >= 0.6 is 11.8 Å². The predicted molar refractivity (Wildman–Crippen MR) is 121 cm³/mol. The molecule has 3 rings (SSSR count). The van der Waals surface area contributed by atoms with E-state index in [4.69, 9.17) is 4.98 Å². The fraction of sp³-hybridized carbons (Fsp3) is 0.609. The summed E-state index contributed by atoms with van der Waals surface area (Å²) in [6.45, 7) is 10.1. The smallest absolute Gasteiger partial charge is 0.262 e. The molecule has 5 nitrogen and oxygen atoms in total. The molecule has 1 unspecified atom stereocenters. The number of para-hydroxylation sites is 1. The van der Waals surface area contributed by atoms with Gasteiger partial charge >= 0.3 is 0 Å². The van der Waals surface area contributed by atoms with Gasteiger partial charge in [0, 0.05) is 18.1 Å². The zero-order chi connectivity index (χ0) is 21.1. The summed E-state index contributed by atoms with van der Waals surface area (Å²) in [4.78, 5) is 33.3. The van der Waals surface area contributed by atoms with Crippen LogP contribution in [0.1, 0.15) is 72.8 Å². The third kappa shape index (κ3) is 4.68. The Hall–Kier alpha value is -1.82. The van der Waals surface area contributed by atoms with Gasteiger partial charge in [0.05, 0.1) is 16.2 Å². The van der Waals surface area contributed by atoms with Gasteiger partial charge in [-0.15, -0.1) is 0 Å². The Morgan fingerprint density at radius 3 is 2.31 bits per heavy atom. The molecule has 2 aromatic rings. The van der Waals surface area contributed by atoms with Crippen LogP contribution in [0.2, 0.25) is 0 Å². The fourth-order valence-electron chi connectivity index (χ4n) is 4.39. The van der Waals surface area contributed by atoms with Gasteiger partial charge in [-0.1, -0.05) is 43.2 Å². The lowest BCUT2D eigenvalue weighted by atomic mass is 9.95. The van der Waals surface area contributed by atoms with Crippen molar-refractivity contribution in [1.29, 1.82) is 0 Å². The number of benzene rings is 1. The molecule has 1 atom stereocenters. The van der Waals surface area contributed by atoms with Gasteiger partial charge in [-0.25, -0.2) is 4.98 Å². The van der Waals surface area contributed by atoms with Crippen molar-refractivity contribution in [1.82, 2.24) is 14.5 Å². The number of hydrogen-bond acceptors (Lipinski definition) is 4. The van der Waals surface area contributed by atoms with E-state index < -0.39 is 0 Å². The van der Waals surface area contributed by atoms with Crippen molar-refractivity contribution in [2.24, 2.45) is 0 Å². The molecule has 0 bridgehead atoms. The lowest BCUT2D eigenvalue weighted by Gasteiger charge is -2.33. The molecule has 6 heteroatoms. The van der Waals surface area contributed by atoms with Gasteiger partial charge in [-0.3, -0.25) is 14.2 Å². The number of nitrogens with zero attached hydrogens (tertiary/aromatic N) is 3. The minimum absolute atomic E-state index is 0.0224. The molecular formula is C23H33N3O2S. The molecule has 0 saturated heterocycles. The Labute approximate surface area is 177 Å². The first kappa shape index (κ1) is 21.9. The van der Waals surface area contributed by atoms with Crippen LogP contribution in [0.15, 0.2) is 34.2 Å². The van der Waals surface area contributed by atoms with E-state index in [0.29, 0.717) is 16.1 Å². The van der Waals surface area contributed by atoms with E-state index in [1.807, 2.05) is 68.4 Å². The highest BCUT2D eigenvalue weighted by molar-refractivity contribution is 8.00. The van der Waals surface area contributed by atoms with Crippen molar-refractivity contribution >= 4 is 28.6 Å². The average molecular weight is 416 g/mol. The highest BCUT2D eigenvalue weighted by atomic mass is 32.2. The number of carbonyl (C=O) groups is 1.